The van der Waals surface area contributed by atoms with E-state index < -0.39 is 23.4 Å². The van der Waals surface area contributed by atoms with E-state index in [1.165, 1.54) is 0 Å². The van der Waals surface area contributed by atoms with E-state index in [4.69, 9.17) is 0 Å². The zero-order valence-electron chi connectivity index (χ0n) is 12.7. The number of amides is 1. The lowest BCUT2D eigenvalue weighted by molar-refractivity contribution is -0.121. The summed E-state index contributed by atoms with van der Waals surface area (Å²) in [4.78, 5) is 23.9. The molecule has 124 valence electrons. The van der Waals surface area contributed by atoms with E-state index >= 15 is 0 Å². The molecule has 2 atom stereocenters. The van der Waals surface area contributed by atoms with Gasteiger partial charge in [-0.1, -0.05) is 12.2 Å². The van der Waals surface area contributed by atoms with E-state index in [9.17, 15) is 22.8 Å². The molecule has 0 aliphatic heterocycles. The molecule has 0 aromatic heterocycles. The van der Waals surface area contributed by atoms with Crippen molar-refractivity contribution in [1.82, 2.24) is 0 Å². The fourth-order valence-corrected chi connectivity index (χ4v) is 2.91. The van der Waals surface area contributed by atoms with Crippen LogP contribution in [0.15, 0.2) is 24.3 Å². The Bertz CT molecular complexity index is 620. The molecule has 23 heavy (non-hydrogen) atoms. The lowest BCUT2D eigenvalue weighted by Gasteiger charge is -2.16. The van der Waals surface area contributed by atoms with Gasteiger partial charge in [0.05, 0.1) is 0 Å². The molecule has 1 aliphatic carbocycles. The highest BCUT2D eigenvalue weighted by molar-refractivity contribution is 5.92. The van der Waals surface area contributed by atoms with Crippen molar-refractivity contribution in [2.45, 2.75) is 32.6 Å². The van der Waals surface area contributed by atoms with Crippen LogP contribution in [0, 0.1) is 29.3 Å². The van der Waals surface area contributed by atoms with Crippen molar-refractivity contribution in [2.75, 3.05) is 5.32 Å². The number of benzene rings is 1. The highest BCUT2D eigenvalue weighted by Crippen LogP contribution is 2.34. The van der Waals surface area contributed by atoms with Gasteiger partial charge in [0.2, 0.25) is 5.91 Å². The second kappa shape index (κ2) is 7.44. The van der Waals surface area contributed by atoms with E-state index in [2.05, 4.69) is 5.32 Å². The first-order valence-corrected chi connectivity index (χ1v) is 7.50. The number of carbonyl (C=O) groups is 2. The molecule has 1 amide bonds. The fourth-order valence-electron chi connectivity index (χ4n) is 2.91. The van der Waals surface area contributed by atoms with Crippen LogP contribution in [-0.2, 0) is 9.59 Å². The first kappa shape index (κ1) is 17.2. The smallest absolute Gasteiger partial charge is 0.224 e. The van der Waals surface area contributed by atoms with E-state index in [1.807, 2.05) is 19.1 Å². The minimum atomic E-state index is -1.57. The molecule has 1 saturated carbocycles. The van der Waals surface area contributed by atoms with E-state index in [1.54, 1.807) is 0 Å². The number of Topliss-reactive ketones (excluding diaryl/α,β-unsaturated/α-hetero) is 1. The van der Waals surface area contributed by atoms with Gasteiger partial charge in [-0.3, -0.25) is 9.59 Å². The average molecular weight is 325 g/mol. The van der Waals surface area contributed by atoms with Crippen molar-refractivity contribution >= 4 is 17.4 Å². The summed E-state index contributed by atoms with van der Waals surface area (Å²) in [6, 6.07) is 1.46. The predicted molar refractivity (Wildman–Crippen MR) is 80.2 cm³/mol. The van der Waals surface area contributed by atoms with Crippen LogP contribution in [0.4, 0.5) is 18.9 Å². The third-order valence-electron chi connectivity index (χ3n) is 4.09. The lowest BCUT2D eigenvalue weighted by Crippen LogP contribution is -2.21. The number of hydrogen-bond donors (Lipinski definition) is 1. The number of hydrogen-bond acceptors (Lipinski definition) is 2. The topological polar surface area (TPSA) is 46.2 Å². The van der Waals surface area contributed by atoms with Crippen molar-refractivity contribution in [2.24, 2.45) is 11.8 Å². The lowest BCUT2D eigenvalue weighted by atomic mass is 9.89. The van der Waals surface area contributed by atoms with Crippen LogP contribution in [-0.4, -0.2) is 11.7 Å². The van der Waals surface area contributed by atoms with Crippen LogP contribution in [0.3, 0.4) is 0 Å². The van der Waals surface area contributed by atoms with Gasteiger partial charge in [-0.2, -0.15) is 0 Å². The molecular weight excluding hydrogens is 307 g/mol. The van der Waals surface area contributed by atoms with Crippen LogP contribution in [0.2, 0.25) is 0 Å². The van der Waals surface area contributed by atoms with Crippen LogP contribution in [0.5, 0.6) is 0 Å². The zero-order chi connectivity index (χ0) is 17.0. The summed E-state index contributed by atoms with van der Waals surface area (Å²) in [6.45, 7) is 1.86. The Morgan fingerprint density at radius 1 is 1.30 bits per heavy atom. The Labute approximate surface area is 132 Å². The van der Waals surface area contributed by atoms with Gasteiger partial charge in [0, 0.05) is 36.6 Å². The Balaban J connectivity index is 2.00. The van der Waals surface area contributed by atoms with Crippen LogP contribution in [0.25, 0.3) is 0 Å². The fraction of sp³-hybridized carbons (Fsp3) is 0.412. The Morgan fingerprint density at radius 2 is 1.96 bits per heavy atom. The molecule has 0 heterocycles. The molecule has 0 bridgehead atoms. The van der Waals surface area contributed by atoms with Gasteiger partial charge in [0.15, 0.2) is 17.5 Å². The van der Waals surface area contributed by atoms with Crippen LogP contribution >= 0.6 is 0 Å². The summed E-state index contributed by atoms with van der Waals surface area (Å²) < 4.78 is 39.1. The molecule has 6 heteroatoms. The SMILES string of the molecule is C/C=C\C[C@H]1C(=O)CC[C@H]1CC(=O)Nc1cc(F)c(F)c(F)c1. The molecule has 3 nitrogen and oxygen atoms in total. The van der Waals surface area contributed by atoms with Crippen molar-refractivity contribution < 1.29 is 22.8 Å². The second-order valence-electron chi connectivity index (χ2n) is 5.68. The third kappa shape index (κ3) is 4.21. The quantitative estimate of drug-likeness (QED) is 0.657. The van der Waals surface area contributed by atoms with Gasteiger partial charge in [0.1, 0.15) is 5.78 Å². The molecule has 2 rings (SSSR count). The van der Waals surface area contributed by atoms with E-state index in [0.29, 0.717) is 19.3 Å². The van der Waals surface area contributed by atoms with Gasteiger partial charge >= 0.3 is 0 Å². The van der Waals surface area contributed by atoms with Gasteiger partial charge in [-0.05, 0) is 25.7 Å². The largest absolute Gasteiger partial charge is 0.326 e. The van der Waals surface area contributed by atoms with Crippen molar-refractivity contribution in [3.05, 3.63) is 41.7 Å². The summed E-state index contributed by atoms with van der Waals surface area (Å²) in [6.07, 6.45) is 5.50. The number of rotatable bonds is 5. The van der Waals surface area contributed by atoms with Crippen LogP contribution in [0.1, 0.15) is 32.6 Å². The number of allylic oxidation sites excluding steroid dienone is 2. The maximum Gasteiger partial charge on any atom is 0.224 e. The molecule has 1 N–H and O–H groups in total. The summed E-state index contributed by atoms with van der Waals surface area (Å²) >= 11 is 0. The molecule has 1 aromatic carbocycles. The Hall–Kier alpha value is -2.11. The summed E-state index contributed by atoms with van der Waals surface area (Å²) in [7, 11) is 0. The molecule has 0 saturated heterocycles. The molecule has 1 aromatic rings. The highest BCUT2D eigenvalue weighted by Gasteiger charge is 2.34. The number of nitrogens with one attached hydrogen (secondary N) is 1. The van der Waals surface area contributed by atoms with Crippen LogP contribution < -0.4 is 5.32 Å². The first-order valence-electron chi connectivity index (χ1n) is 7.50. The molecule has 0 radical (unpaired) electrons. The average Bonchev–Trinajstić information content (AvgIpc) is 2.82. The van der Waals surface area contributed by atoms with E-state index in [0.717, 1.165) is 12.1 Å². The minimum Gasteiger partial charge on any atom is -0.326 e. The highest BCUT2D eigenvalue weighted by atomic mass is 19.2. The monoisotopic (exact) mass is 325 g/mol. The van der Waals surface area contributed by atoms with Gasteiger partial charge in [0.25, 0.3) is 0 Å². The maximum absolute atomic E-state index is 13.1. The first-order chi connectivity index (χ1) is 10.9. The maximum atomic E-state index is 13.1. The Kier molecular flexibility index (Phi) is 5.58. The molecule has 0 spiro atoms. The van der Waals surface area contributed by atoms with Crippen molar-refractivity contribution in [1.29, 1.82) is 0 Å². The van der Waals surface area contributed by atoms with Gasteiger partial charge in [-0.15, -0.1) is 0 Å². The normalized spacial score (nSPS) is 21.1. The molecular formula is C17H18F3NO2. The summed E-state index contributed by atoms with van der Waals surface area (Å²) in [5.41, 5.74) is -0.138. The number of ketones is 1. The Morgan fingerprint density at radius 3 is 2.57 bits per heavy atom. The molecule has 0 unspecified atom stereocenters. The molecule has 1 aliphatic rings. The molecule has 1 fully saturated rings. The number of carbonyl (C=O) groups excluding carboxylic acids is 2. The van der Waals surface area contributed by atoms with Crippen molar-refractivity contribution in [3.8, 4) is 0 Å². The predicted octanol–water partition coefficient (Wildman–Crippen LogP) is 3.99. The van der Waals surface area contributed by atoms with Gasteiger partial charge in [-0.25, -0.2) is 13.2 Å². The summed E-state index contributed by atoms with van der Waals surface area (Å²) in [5, 5.41) is 2.35. The van der Waals surface area contributed by atoms with Crippen molar-refractivity contribution in [3.63, 3.8) is 0 Å². The number of anilines is 1. The minimum absolute atomic E-state index is 0.0890. The second-order valence-corrected chi connectivity index (χ2v) is 5.68. The van der Waals surface area contributed by atoms with Gasteiger partial charge < -0.3 is 5.32 Å². The zero-order valence-corrected chi connectivity index (χ0v) is 12.7. The number of halogens is 3. The standard InChI is InChI=1S/C17H18F3NO2/c1-2-3-4-12-10(5-6-15(12)22)7-16(23)21-11-8-13(18)17(20)14(19)9-11/h2-3,8-10,12H,4-7H2,1H3,(H,21,23)/b3-2-/t10-,12+/m0/s1. The summed E-state index contributed by atoms with van der Waals surface area (Å²) in [5.74, 6) is -4.88. The van der Waals surface area contributed by atoms with E-state index in [-0.39, 0.29) is 29.7 Å². The third-order valence-corrected chi connectivity index (χ3v) is 4.09.